The van der Waals surface area contributed by atoms with Crippen LogP contribution in [0.4, 0.5) is 0 Å². The Morgan fingerprint density at radius 1 is 0.654 bits per heavy atom. The first kappa shape index (κ1) is 24.7. The molecule has 0 saturated carbocycles. The number of rotatable bonds is 2. The molecule has 0 aliphatic rings. The molecule has 0 nitrogen and oxygen atoms in total. The molecule has 4 rings (SSSR count). The summed E-state index contributed by atoms with van der Waals surface area (Å²) in [6.07, 6.45) is 0. The fourth-order valence-electron chi connectivity index (χ4n) is 2.48. The van der Waals surface area contributed by atoms with E-state index in [1.165, 1.54) is 22.3 Å². The van der Waals surface area contributed by atoms with Crippen molar-refractivity contribution in [3.8, 4) is 22.3 Å². The van der Waals surface area contributed by atoms with Gasteiger partial charge in [-0.15, -0.1) is 35.9 Å². The largest absolute Gasteiger partial charge is 0.214 e. The van der Waals surface area contributed by atoms with Crippen LogP contribution in [0.3, 0.4) is 0 Å². The maximum atomic E-state index is 2.18. The Hall–Kier alpha value is -1.35. The third-order valence-electron chi connectivity index (χ3n) is 3.54. The fourth-order valence-corrected chi connectivity index (χ4v) is 2.48. The average molecular weight is 431 g/mol. The first-order chi connectivity index (χ1) is 11.9. The van der Waals surface area contributed by atoms with Gasteiger partial charge in [0.25, 0.3) is 0 Å². The summed E-state index contributed by atoms with van der Waals surface area (Å²) in [5.41, 5.74) is 5.15. The zero-order valence-corrected chi connectivity index (χ0v) is 18.8. The summed E-state index contributed by atoms with van der Waals surface area (Å²) in [6, 6.07) is 37.5. The Morgan fingerprint density at radius 3 is 1.69 bits per heavy atom. The zero-order valence-electron chi connectivity index (χ0n) is 14.4. The monoisotopic (exact) mass is 430 g/mol. The molecular formula is C22H20Cl2SiTi-2. The van der Waals surface area contributed by atoms with Crippen molar-refractivity contribution in [1.29, 1.82) is 0 Å². The van der Waals surface area contributed by atoms with Crippen molar-refractivity contribution in [2.45, 2.75) is 0 Å². The second-order valence-corrected chi connectivity index (χ2v) is 5.05. The van der Waals surface area contributed by atoms with E-state index in [9.17, 15) is 0 Å². The predicted molar refractivity (Wildman–Crippen MR) is 103 cm³/mol. The van der Waals surface area contributed by atoms with E-state index < -0.39 is 0 Å². The molecule has 0 bridgehead atoms. The van der Waals surface area contributed by atoms with Crippen LogP contribution in [0.15, 0.2) is 109 Å². The van der Waals surface area contributed by atoms with Crippen molar-refractivity contribution in [1.82, 2.24) is 0 Å². The summed E-state index contributed by atoms with van der Waals surface area (Å²) in [7, 11) is 1.86. The summed E-state index contributed by atoms with van der Waals surface area (Å²) in [6.45, 7) is 0. The van der Waals surface area contributed by atoms with Crippen molar-refractivity contribution in [2.24, 2.45) is 0 Å². The van der Waals surface area contributed by atoms with Crippen molar-refractivity contribution >= 4 is 7.63 Å². The average Bonchev–Trinajstić information content (AvgIpc) is 3.39. The van der Waals surface area contributed by atoms with Crippen LogP contribution in [0.2, 0.25) is 0 Å². The molecule has 0 aliphatic carbocycles. The molecule has 26 heavy (non-hydrogen) atoms. The normalized spacial score (nSPS) is 8.54. The molecule has 0 heterocycles. The minimum atomic E-state index is 0. The van der Waals surface area contributed by atoms with E-state index in [0.29, 0.717) is 0 Å². The SMILES string of the molecule is [Cl-].[Cl-].[SiH2]=[Ti+2].c1cc[cH-]c1.c1ccc(-c2ccc[c-]2-c2ccccc2)cc1. The van der Waals surface area contributed by atoms with Crippen LogP contribution >= 0.6 is 0 Å². The molecule has 0 amide bonds. The molecule has 4 heteroatoms. The van der Waals surface area contributed by atoms with Gasteiger partial charge in [0.2, 0.25) is 0 Å². The van der Waals surface area contributed by atoms with Gasteiger partial charge >= 0.3 is 26.8 Å². The van der Waals surface area contributed by atoms with Crippen LogP contribution in [-0.2, 0) is 19.2 Å². The van der Waals surface area contributed by atoms with E-state index in [1.807, 2.05) is 57.1 Å². The summed E-state index contributed by atoms with van der Waals surface area (Å²) >= 11 is 2.03. The maximum absolute atomic E-state index is 2.18. The Labute approximate surface area is 182 Å². The fraction of sp³-hybridized carbons (Fsp3) is 0. The Bertz CT molecular complexity index is 725. The van der Waals surface area contributed by atoms with Gasteiger partial charge in [0, 0.05) is 0 Å². The standard InChI is InChI=1S/C17H13.C5H5.2ClH.H2Si.Ti/c1-3-8-14(9-4-1)16-12-7-13-17(16)15-10-5-2-6-11-15;1-2-4-5-3-1;;;;/h1-13H;1-5H;2*1H;1H2;/q2*-1;;;;+2/p-2. The number of benzene rings is 2. The second kappa shape index (κ2) is 14.8. The third kappa shape index (κ3) is 7.49. The zero-order chi connectivity index (χ0) is 17.0. The first-order valence-corrected chi connectivity index (χ1v) is 11.9. The number of hydrogen-bond acceptors (Lipinski definition) is 0. The van der Waals surface area contributed by atoms with E-state index in [1.54, 1.807) is 0 Å². The smallest absolute Gasteiger partial charge is 0.0633 e. The van der Waals surface area contributed by atoms with Gasteiger partial charge in [-0.05, 0) is 0 Å². The quantitative estimate of drug-likeness (QED) is 0.289. The van der Waals surface area contributed by atoms with Crippen LogP contribution in [0.25, 0.3) is 22.3 Å². The van der Waals surface area contributed by atoms with Gasteiger partial charge in [0.05, 0.1) is 0 Å². The molecule has 0 saturated heterocycles. The van der Waals surface area contributed by atoms with Gasteiger partial charge in [-0.3, -0.25) is 0 Å². The van der Waals surface area contributed by atoms with Crippen LogP contribution < -0.4 is 24.8 Å². The molecule has 0 spiro atoms. The molecule has 4 aromatic carbocycles. The van der Waals surface area contributed by atoms with Crippen LogP contribution in [-0.4, -0.2) is 7.63 Å². The second-order valence-electron chi connectivity index (χ2n) is 5.05. The first-order valence-electron chi connectivity index (χ1n) is 7.84. The summed E-state index contributed by atoms with van der Waals surface area (Å²) < 4.78 is 0. The topological polar surface area (TPSA) is 0 Å². The molecule has 0 fully saturated rings. The minimum Gasteiger partial charge on any atom is -0.214 e. The van der Waals surface area contributed by atoms with E-state index in [-0.39, 0.29) is 24.8 Å². The number of hydrogen-bond donors (Lipinski definition) is 0. The molecule has 0 unspecified atom stereocenters. The maximum Gasteiger partial charge on any atom is -0.0633 e. The van der Waals surface area contributed by atoms with E-state index in [2.05, 4.69) is 78.9 Å². The van der Waals surface area contributed by atoms with Crippen LogP contribution in [0.5, 0.6) is 0 Å². The van der Waals surface area contributed by atoms with Crippen LogP contribution in [0.1, 0.15) is 0 Å². The minimum absolute atomic E-state index is 0. The summed E-state index contributed by atoms with van der Waals surface area (Å²) in [5.74, 6) is 0. The molecule has 0 atom stereocenters. The molecular weight excluding hydrogens is 411 g/mol. The molecule has 0 radical (unpaired) electrons. The third-order valence-corrected chi connectivity index (χ3v) is 3.54. The van der Waals surface area contributed by atoms with Gasteiger partial charge in [-0.25, -0.2) is 12.1 Å². The summed E-state index contributed by atoms with van der Waals surface area (Å²) in [5, 5.41) is 0. The molecule has 132 valence electrons. The Balaban J connectivity index is 0.000000598. The summed E-state index contributed by atoms with van der Waals surface area (Å²) in [4.78, 5) is 0. The van der Waals surface area contributed by atoms with Crippen molar-refractivity contribution in [2.75, 3.05) is 0 Å². The molecule has 0 aromatic heterocycles. The van der Waals surface area contributed by atoms with Crippen molar-refractivity contribution in [3.63, 3.8) is 0 Å². The van der Waals surface area contributed by atoms with E-state index in [0.717, 1.165) is 0 Å². The van der Waals surface area contributed by atoms with Crippen LogP contribution in [0, 0.1) is 0 Å². The van der Waals surface area contributed by atoms with Crippen molar-refractivity contribution < 1.29 is 44.0 Å². The van der Waals surface area contributed by atoms with Gasteiger partial charge in [-0.1, -0.05) is 65.2 Å². The molecule has 0 N–H and O–H groups in total. The van der Waals surface area contributed by atoms with E-state index >= 15 is 0 Å². The predicted octanol–water partition coefficient (Wildman–Crippen LogP) is -0.766. The van der Waals surface area contributed by atoms with Gasteiger partial charge in [0.1, 0.15) is 0 Å². The Morgan fingerprint density at radius 2 is 1.19 bits per heavy atom. The van der Waals surface area contributed by atoms with E-state index in [4.69, 9.17) is 0 Å². The number of halogens is 2. The van der Waals surface area contributed by atoms with Gasteiger partial charge < -0.3 is 24.8 Å². The van der Waals surface area contributed by atoms with Gasteiger partial charge in [0.15, 0.2) is 0 Å². The van der Waals surface area contributed by atoms with Crippen molar-refractivity contribution in [3.05, 3.63) is 109 Å². The van der Waals surface area contributed by atoms with Gasteiger partial charge in [-0.2, -0.15) is 18.2 Å². The molecule has 0 aliphatic heterocycles. The Kier molecular flexibility index (Phi) is 14.0. The molecule has 4 aromatic rings.